The first kappa shape index (κ1) is 16.2. The maximum Gasteiger partial charge on any atom is 0.0540 e. The van der Waals surface area contributed by atoms with Crippen LogP contribution in [0, 0.1) is 6.92 Å². The van der Waals surface area contributed by atoms with Crippen LogP contribution in [0.25, 0.3) is 11.1 Å². The second kappa shape index (κ2) is 7.28. The summed E-state index contributed by atoms with van der Waals surface area (Å²) in [6, 6.07) is 38.3. The standard InChI is InChI=1S/C25H21N/c1-20-11-10-12-21(19-20)24-17-8-9-18-25(24)26(22-13-4-2-5-14-22)23-15-6-3-7-16-23/h2-19H,1H3. The van der Waals surface area contributed by atoms with E-state index in [-0.39, 0.29) is 0 Å². The third kappa shape index (κ3) is 3.25. The van der Waals surface area contributed by atoms with Gasteiger partial charge in [-0.05, 0) is 42.8 Å². The van der Waals surface area contributed by atoms with Gasteiger partial charge in [-0.1, -0.05) is 84.4 Å². The van der Waals surface area contributed by atoms with Gasteiger partial charge in [-0.2, -0.15) is 0 Å². The van der Waals surface area contributed by atoms with Crippen molar-refractivity contribution >= 4 is 17.1 Å². The molecule has 1 heteroatoms. The predicted molar refractivity (Wildman–Crippen MR) is 111 cm³/mol. The Morgan fingerprint density at radius 2 is 1.12 bits per heavy atom. The van der Waals surface area contributed by atoms with Crippen molar-refractivity contribution < 1.29 is 0 Å². The van der Waals surface area contributed by atoms with Crippen molar-refractivity contribution in [3.05, 3.63) is 115 Å². The fraction of sp³-hybridized carbons (Fsp3) is 0.0400. The number of aryl methyl sites for hydroxylation is 1. The van der Waals surface area contributed by atoms with Crippen LogP contribution in [0.2, 0.25) is 0 Å². The Bertz CT molecular complexity index is 951. The molecule has 4 rings (SSSR count). The lowest BCUT2D eigenvalue weighted by Gasteiger charge is -2.27. The molecule has 0 radical (unpaired) electrons. The molecule has 4 aromatic rings. The van der Waals surface area contributed by atoms with Gasteiger partial charge in [0.25, 0.3) is 0 Å². The van der Waals surface area contributed by atoms with Crippen LogP contribution in [0.4, 0.5) is 17.1 Å². The van der Waals surface area contributed by atoms with Crippen LogP contribution in [0.3, 0.4) is 0 Å². The second-order valence-corrected chi connectivity index (χ2v) is 6.39. The molecule has 0 saturated carbocycles. The van der Waals surface area contributed by atoms with Crippen molar-refractivity contribution in [2.24, 2.45) is 0 Å². The molecular weight excluding hydrogens is 314 g/mol. The highest BCUT2D eigenvalue weighted by molar-refractivity contribution is 5.87. The number of hydrogen-bond acceptors (Lipinski definition) is 1. The number of benzene rings is 4. The first-order chi connectivity index (χ1) is 12.8. The van der Waals surface area contributed by atoms with Crippen molar-refractivity contribution in [2.45, 2.75) is 6.92 Å². The van der Waals surface area contributed by atoms with Crippen LogP contribution < -0.4 is 4.90 Å². The van der Waals surface area contributed by atoms with Gasteiger partial charge >= 0.3 is 0 Å². The van der Waals surface area contributed by atoms with Crippen LogP contribution >= 0.6 is 0 Å². The molecule has 26 heavy (non-hydrogen) atoms. The lowest BCUT2D eigenvalue weighted by atomic mass is 10.0. The van der Waals surface area contributed by atoms with Gasteiger partial charge < -0.3 is 4.90 Å². The van der Waals surface area contributed by atoms with Gasteiger partial charge in [0.05, 0.1) is 5.69 Å². The summed E-state index contributed by atoms with van der Waals surface area (Å²) in [5.41, 5.74) is 7.21. The van der Waals surface area contributed by atoms with E-state index in [9.17, 15) is 0 Å². The van der Waals surface area contributed by atoms with Gasteiger partial charge in [0.2, 0.25) is 0 Å². The van der Waals surface area contributed by atoms with Crippen molar-refractivity contribution in [1.29, 1.82) is 0 Å². The van der Waals surface area contributed by atoms with Crippen LogP contribution in [-0.4, -0.2) is 0 Å². The number of para-hydroxylation sites is 3. The largest absolute Gasteiger partial charge is 0.310 e. The minimum absolute atomic E-state index is 1.15. The number of anilines is 3. The highest BCUT2D eigenvalue weighted by Crippen LogP contribution is 2.40. The van der Waals surface area contributed by atoms with E-state index in [0.29, 0.717) is 0 Å². The zero-order valence-corrected chi connectivity index (χ0v) is 14.8. The Morgan fingerprint density at radius 3 is 1.73 bits per heavy atom. The van der Waals surface area contributed by atoms with E-state index in [1.54, 1.807) is 0 Å². The third-order valence-electron chi connectivity index (χ3n) is 4.50. The summed E-state index contributed by atoms with van der Waals surface area (Å²) in [6.07, 6.45) is 0. The Kier molecular flexibility index (Phi) is 4.53. The number of nitrogens with zero attached hydrogens (tertiary/aromatic N) is 1. The van der Waals surface area contributed by atoms with Gasteiger partial charge in [0.1, 0.15) is 0 Å². The van der Waals surface area contributed by atoms with Gasteiger partial charge in [0.15, 0.2) is 0 Å². The first-order valence-electron chi connectivity index (χ1n) is 8.89. The molecule has 0 heterocycles. The molecule has 0 unspecified atom stereocenters. The molecule has 0 atom stereocenters. The Balaban J connectivity index is 1.93. The van der Waals surface area contributed by atoms with Crippen molar-refractivity contribution in [3.8, 4) is 11.1 Å². The summed E-state index contributed by atoms with van der Waals surface area (Å²) in [6.45, 7) is 2.14. The fourth-order valence-electron chi connectivity index (χ4n) is 3.31. The molecular formula is C25H21N. The van der Waals surface area contributed by atoms with Crippen molar-refractivity contribution in [1.82, 2.24) is 0 Å². The minimum atomic E-state index is 1.15. The molecule has 4 aromatic carbocycles. The fourth-order valence-corrected chi connectivity index (χ4v) is 3.31. The molecule has 0 spiro atoms. The summed E-state index contributed by atoms with van der Waals surface area (Å²) in [5.74, 6) is 0. The predicted octanol–water partition coefficient (Wildman–Crippen LogP) is 7.13. The number of rotatable bonds is 4. The maximum absolute atomic E-state index is 2.32. The second-order valence-electron chi connectivity index (χ2n) is 6.39. The van der Waals surface area contributed by atoms with Crippen LogP contribution in [0.15, 0.2) is 109 Å². The van der Waals surface area contributed by atoms with Crippen LogP contribution in [-0.2, 0) is 0 Å². The summed E-state index contributed by atoms with van der Waals surface area (Å²) < 4.78 is 0. The Hall–Kier alpha value is -3.32. The molecule has 1 nitrogen and oxygen atoms in total. The molecule has 0 amide bonds. The SMILES string of the molecule is Cc1cccc(-c2ccccc2N(c2ccccc2)c2ccccc2)c1. The highest BCUT2D eigenvalue weighted by Gasteiger charge is 2.16. The average molecular weight is 335 g/mol. The van der Waals surface area contributed by atoms with Gasteiger partial charge in [0, 0.05) is 16.9 Å². The maximum atomic E-state index is 2.32. The van der Waals surface area contributed by atoms with E-state index < -0.39 is 0 Å². The van der Waals surface area contributed by atoms with E-state index in [1.165, 1.54) is 22.4 Å². The van der Waals surface area contributed by atoms with E-state index >= 15 is 0 Å². The zero-order valence-electron chi connectivity index (χ0n) is 14.8. The van der Waals surface area contributed by atoms with Crippen LogP contribution in [0.5, 0.6) is 0 Å². The molecule has 0 aliphatic carbocycles. The summed E-state index contributed by atoms with van der Waals surface area (Å²) in [5, 5.41) is 0. The molecule has 0 saturated heterocycles. The zero-order chi connectivity index (χ0) is 17.8. The quantitative estimate of drug-likeness (QED) is 0.383. The molecule has 0 bridgehead atoms. The summed E-state index contributed by atoms with van der Waals surface area (Å²) >= 11 is 0. The molecule has 0 fully saturated rings. The molecule has 0 N–H and O–H groups in total. The topological polar surface area (TPSA) is 3.24 Å². The van der Waals surface area contributed by atoms with Crippen LogP contribution in [0.1, 0.15) is 5.56 Å². The van der Waals surface area contributed by atoms with Gasteiger partial charge in [-0.3, -0.25) is 0 Å². The van der Waals surface area contributed by atoms with Crippen molar-refractivity contribution in [3.63, 3.8) is 0 Å². The van der Waals surface area contributed by atoms with Gasteiger partial charge in [-0.15, -0.1) is 0 Å². The minimum Gasteiger partial charge on any atom is -0.310 e. The normalized spacial score (nSPS) is 10.5. The Morgan fingerprint density at radius 1 is 0.538 bits per heavy atom. The van der Waals surface area contributed by atoms with E-state index in [0.717, 1.165) is 11.4 Å². The van der Waals surface area contributed by atoms with Crippen molar-refractivity contribution in [2.75, 3.05) is 4.90 Å². The van der Waals surface area contributed by atoms with E-state index in [4.69, 9.17) is 0 Å². The van der Waals surface area contributed by atoms with E-state index in [2.05, 4.69) is 121 Å². The lowest BCUT2D eigenvalue weighted by Crippen LogP contribution is -2.10. The first-order valence-corrected chi connectivity index (χ1v) is 8.89. The lowest BCUT2D eigenvalue weighted by molar-refractivity contribution is 1.28. The molecule has 0 aliphatic rings. The monoisotopic (exact) mass is 335 g/mol. The summed E-state index contributed by atoms with van der Waals surface area (Å²) in [7, 11) is 0. The smallest absolute Gasteiger partial charge is 0.0540 e. The molecule has 126 valence electrons. The summed E-state index contributed by atoms with van der Waals surface area (Å²) in [4.78, 5) is 2.32. The average Bonchev–Trinajstić information content (AvgIpc) is 2.70. The molecule has 0 aromatic heterocycles. The molecule has 0 aliphatic heterocycles. The van der Waals surface area contributed by atoms with E-state index in [1.807, 2.05) is 0 Å². The van der Waals surface area contributed by atoms with Gasteiger partial charge in [-0.25, -0.2) is 0 Å². The highest BCUT2D eigenvalue weighted by atomic mass is 15.1. The number of hydrogen-bond donors (Lipinski definition) is 0. The Labute approximate surface area is 155 Å². The third-order valence-corrected chi connectivity index (χ3v) is 4.50.